The molecular weight excluding hydrogens is 369 g/mol. The van der Waals surface area contributed by atoms with Gasteiger partial charge in [0.15, 0.2) is 11.5 Å². The molecule has 2 aromatic carbocycles. The molecule has 0 bridgehead atoms. The number of ether oxygens (including phenoxy) is 1. The number of rotatable bonds is 6. The van der Waals surface area contributed by atoms with E-state index in [1.807, 2.05) is 30.4 Å². The average molecular weight is 385 g/mol. The second-order valence-electron chi connectivity index (χ2n) is 5.49. The van der Waals surface area contributed by atoms with E-state index in [0.717, 1.165) is 35.5 Å². The standard InChI is InChI=1S/C20H16FNO4S/c1-25-20-14-15(5-9-17-4-2-3-13-22-17)6-12-19(20)26-27(23,24)18-10-7-16(21)8-11-18/h2-14H,1H3/b9-5+. The van der Waals surface area contributed by atoms with Crippen LogP contribution in [0.1, 0.15) is 11.3 Å². The first-order chi connectivity index (χ1) is 13.0. The predicted octanol–water partition coefficient (Wildman–Crippen LogP) is 4.17. The van der Waals surface area contributed by atoms with Gasteiger partial charge in [0.1, 0.15) is 10.7 Å². The van der Waals surface area contributed by atoms with E-state index in [1.54, 1.807) is 18.3 Å². The van der Waals surface area contributed by atoms with Crippen molar-refractivity contribution >= 4 is 22.3 Å². The van der Waals surface area contributed by atoms with Crippen LogP contribution in [0.3, 0.4) is 0 Å². The Morgan fingerprint density at radius 2 is 1.74 bits per heavy atom. The van der Waals surface area contributed by atoms with E-state index < -0.39 is 15.9 Å². The van der Waals surface area contributed by atoms with Gasteiger partial charge in [-0.15, -0.1) is 0 Å². The van der Waals surface area contributed by atoms with Gasteiger partial charge in [-0.2, -0.15) is 8.42 Å². The number of pyridine rings is 1. The van der Waals surface area contributed by atoms with E-state index in [1.165, 1.54) is 13.2 Å². The summed E-state index contributed by atoms with van der Waals surface area (Å²) >= 11 is 0. The van der Waals surface area contributed by atoms with Crippen molar-refractivity contribution < 1.29 is 21.7 Å². The minimum atomic E-state index is -4.11. The number of methoxy groups -OCH3 is 1. The molecule has 7 heteroatoms. The van der Waals surface area contributed by atoms with Crippen molar-refractivity contribution in [3.05, 3.63) is 83.9 Å². The lowest BCUT2D eigenvalue weighted by Crippen LogP contribution is -2.10. The summed E-state index contributed by atoms with van der Waals surface area (Å²) in [5, 5.41) is 0. The topological polar surface area (TPSA) is 65.5 Å². The quantitative estimate of drug-likeness (QED) is 0.596. The zero-order valence-corrected chi connectivity index (χ0v) is 15.2. The zero-order chi connectivity index (χ0) is 19.3. The van der Waals surface area contributed by atoms with Gasteiger partial charge in [-0.05, 0) is 60.2 Å². The Morgan fingerprint density at radius 1 is 0.963 bits per heavy atom. The molecule has 1 aromatic heterocycles. The van der Waals surface area contributed by atoms with Gasteiger partial charge < -0.3 is 8.92 Å². The summed E-state index contributed by atoms with van der Waals surface area (Å²) in [7, 11) is -2.69. The number of nitrogens with zero attached hydrogens (tertiary/aromatic N) is 1. The number of hydrogen-bond donors (Lipinski definition) is 0. The highest BCUT2D eigenvalue weighted by molar-refractivity contribution is 7.87. The SMILES string of the molecule is COc1cc(/C=C/c2ccccn2)ccc1OS(=O)(=O)c1ccc(F)cc1. The van der Waals surface area contributed by atoms with Crippen molar-refractivity contribution in [3.63, 3.8) is 0 Å². The number of hydrogen-bond acceptors (Lipinski definition) is 5. The maximum absolute atomic E-state index is 13.0. The van der Waals surface area contributed by atoms with Crippen molar-refractivity contribution in [2.24, 2.45) is 0 Å². The Hall–Kier alpha value is -3.19. The lowest BCUT2D eigenvalue weighted by molar-refractivity contribution is 0.390. The molecule has 0 radical (unpaired) electrons. The highest BCUT2D eigenvalue weighted by Gasteiger charge is 2.19. The lowest BCUT2D eigenvalue weighted by Gasteiger charge is -2.11. The Morgan fingerprint density at radius 3 is 2.41 bits per heavy atom. The summed E-state index contributed by atoms with van der Waals surface area (Å²) in [5.41, 5.74) is 1.57. The van der Waals surface area contributed by atoms with Gasteiger partial charge in [0.25, 0.3) is 0 Å². The van der Waals surface area contributed by atoms with Crippen LogP contribution in [0.15, 0.2) is 71.8 Å². The van der Waals surface area contributed by atoms with Crippen LogP contribution in [-0.4, -0.2) is 20.5 Å². The van der Waals surface area contributed by atoms with Crippen LogP contribution in [0.25, 0.3) is 12.2 Å². The van der Waals surface area contributed by atoms with Crippen LogP contribution < -0.4 is 8.92 Å². The van der Waals surface area contributed by atoms with Gasteiger partial charge in [0.2, 0.25) is 0 Å². The molecule has 0 aliphatic heterocycles. The van der Waals surface area contributed by atoms with Crippen molar-refractivity contribution in [2.75, 3.05) is 7.11 Å². The molecule has 0 spiro atoms. The molecule has 3 aromatic rings. The van der Waals surface area contributed by atoms with E-state index in [-0.39, 0.29) is 16.4 Å². The van der Waals surface area contributed by atoms with E-state index in [2.05, 4.69) is 4.98 Å². The molecule has 1 heterocycles. The van der Waals surface area contributed by atoms with Crippen LogP contribution >= 0.6 is 0 Å². The largest absolute Gasteiger partial charge is 0.493 e. The summed E-state index contributed by atoms with van der Waals surface area (Å²) in [6.45, 7) is 0. The molecule has 138 valence electrons. The molecule has 0 N–H and O–H groups in total. The Labute approximate surface area is 156 Å². The second-order valence-corrected chi connectivity index (χ2v) is 7.04. The monoisotopic (exact) mass is 385 g/mol. The van der Waals surface area contributed by atoms with Gasteiger partial charge in [0, 0.05) is 6.20 Å². The highest BCUT2D eigenvalue weighted by Crippen LogP contribution is 2.31. The van der Waals surface area contributed by atoms with Crippen LogP contribution in [0.4, 0.5) is 4.39 Å². The first-order valence-electron chi connectivity index (χ1n) is 7.95. The Balaban J connectivity index is 1.84. The van der Waals surface area contributed by atoms with Crippen LogP contribution in [0.5, 0.6) is 11.5 Å². The molecule has 3 rings (SSSR count). The van der Waals surface area contributed by atoms with E-state index in [0.29, 0.717) is 0 Å². The summed E-state index contributed by atoms with van der Waals surface area (Å²) in [4.78, 5) is 4.05. The van der Waals surface area contributed by atoms with Crippen molar-refractivity contribution in [1.82, 2.24) is 4.98 Å². The second kappa shape index (κ2) is 8.01. The van der Waals surface area contributed by atoms with Gasteiger partial charge in [-0.25, -0.2) is 4.39 Å². The maximum Gasteiger partial charge on any atom is 0.339 e. The molecule has 0 aliphatic carbocycles. The van der Waals surface area contributed by atoms with Gasteiger partial charge >= 0.3 is 10.1 Å². The van der Waals surface area contributed by atoms with Gasteiger partial charge in [0.05, 0.1) is 12.8 Å². The highest BCUT2D eigenvalue weighted by atomic mass is 32.2. The third kappa shape index (κ3) is 4.71. The average Bonchev–Trinajstić information content (AvgIpc) is 2.68. The summed E-state index contributed by atoms with van der Waals surface area (Å²) in [6, 6.07) is 14.8. The molecule has 0 unspecified atom stereocenters. The summed E-state index contributed by atoms with van der Waals surface area (Å²) < 4.78 is 48.1. The van der Waals surface area contributed by atoms with Crippen LogP contribution in [0.2, 0.25) is 0 Å². The number of benzene rings is 2. The van der Waals surface area contributed by atoms with E-state index in [4.69, 9.17) is 8.92 Å². The summed E-state index contributed by atoms with van der Waals surface area (Å²) in [5.74, 6) is -0.240. The fourth-order valence-electron chi connectivity index (χ4n) is 2.28. The van der Waals surface area contributed by atoms with E-state index in [9.17, 15) is 12.8 Å². The molecule has 0 saturated carbocycles. The van der Waals surface area contributed by atoms with Crippen LogP contribution in [0, 0.1) is 5.82 Å². The van der Waals surface area contributed by atoms with Crippen molar-refractivity contribution in [1.29, 1.82) is 0 Å². The molecule has 0 fully saturated rings. The number of aromatic nitrogens is 1. The molecule has 5 nitrogen and oxygen atoms in total. The first-order valence-corrected chi connectivity index (χ1v) is 9.36. The normalized spacial score (nSPS) is 11.5. The molecule has 0 saturated heterocycles. The predicted molar refractivity (Wildman–Crippen MR) is 100 cm³/mol. The smallest absolute Gasteiger partial charge is 0.339 e. The van der Waals surface area contributed by atoms with Crippen LogP contribution in [-0.2, 0) is 10.1 Å². The fraction of sp³-hybridized carbons (Fsp3) is 0.0500. The van der Waals surface area contributed by atoms with Crippen molar-refractivity contribution in [2.45, 2.75) is 4.90 Å². The van der Waals surface area contributed by atoms with Crippen molar-refractivity contribution in [3.8, 4) is 11.5 Å². The maximum atomic E-state index is 13.0. The van der Waals surface area contributed by atoms with Gasteiger partial charge in [-0.3, -0.25) is 4.98 Å². The lowest BCUT2D eigenvalue weighted by atomic mass is 10.1. The first kappa shape index (κ1) is 18.6. The fourth-order valence-corrected chi connectivity index (χ4v) is 3.22. The minimum absolute atomic E-state index is 0.0387. The molecular formula is C20H16FNO4S. The molecule has 0 aliphatic rings. The minimum Gasteiger partial charge on any atom is -0.493 e. The molecule has 0 atom stereocenters. The zero-order valence-electron chi connectivity index (χ0n) is 14.4. The van der Waals surface area contributed by atoms with E-state index >= 15 is 0 Å². The number of halogens is 1. The third-order valence-electron chi connectivity index (χ3n) is 3.62. The van der Waals surface area contributed by atoms with Gasteiger partial charge in [-0.1, -0.05) is 18.2 Å². The molecule has 27 heavy (non-hydrogen) atoms. The Bertz CT molecular complexity index is 1050. The summed E-state index contributed by atoms with van der Waals surface area (Å²) in [6.07, 6.45) is 5.34. The molecule has 0 amide bonds. The Kier molecular flexibility index (Phi) is 5.52. The third-order valence-corrected chi connectivity index (χ3v) is 4.87.